The van der Waals surface area contributed by atoms with E-state index in [2.05, 4.69) is 6.58 Å². The molecule has 0 radical (unpaired) electrons. The average molecular weight is 336 g/mol. The third-order valence-corrected chi connectivity index (χ3v) is 3.33. The van der Waals surface area contributed by atoms with Crippen molar-refractivity contribution in [1.82, 2.24) is 0 Å². The second-order valence-electron chi connectivity index (χ2n) is 5.41. The molecule has 0 fully saturated rings. The van der Waals surface area contributed by atoms with Crippen molar-refractivity contribution in [2.45, 2.75) is 13.8 Å². The molecule has 0 aromatic heterocycles. The summed E-state index contributed by atoms with van der Waals surface area (Å²) in [6, 6.07) is 15.0. The molecule has 0 aliphatic carbocycles. The van der Waals surface area contributed by atoms with Gasteiger partial charge in [-0.1, -0.05) is 36.9 Å². The number of benzene rings is 2. The van der Waals surface area contributed by atoms with Crippen LogP contribution >= 0.6 is 0 Å². The van der Waals surface area contributed by atoms with Gasteiger partial charge in [-0.2, -0.15) is 0 Å². The molecule has 0 aliphatic rings. The van der Waals surface area contributed by atoms with Crippen LogP contribution in [0.15, 0.2) is 66.8 Å². The van der Waals surface area contributed by atoms with Gasteiger partial charge in [-0.3, -0.25) is 0 Å². The minimum absolute atomic E-state index is 0.352. The van der Waals surface area contributed by atoms with Crippen molar-refractivity contribution < 1.29 is 19.1 Å². The van der Waals surface area contributed by atoms with Gasteiger partial charge in [-0.15, -0.1) is 0 Å². The van der Waals surface area contributed by atoms with Gasteiger partial charge in [-0.05, 0) is 54.8 Å². The van der Waals surface area contributed by atoms with E-state index in [0.717, 1.165) is 16.7 Å². The van der Waals surface area contributed by atoms with Crippen LogP contribution in [-0.2, 0) is 14.3 Å². The lowest BCUT2D eigenvalue weighted by Crippen LogP contribution is -2.07. The number of carbonyl (C=O) groups is 2. The largest absolute Gasteiger partial charge is 0.463 e. The molecule has 25 heavy (non-hydrogen) atoms. The number of hydrogen-bond acceptors (Lipinski definition) is 4. The molecule has 0 N–H and O–H groups in total. The van der Waals surface area contributed by atoms with Gasteiger partial charge in [0.1, 0.15) is 5.75 Å². The van der Waals surface area contributed by atoms with Gasteiger partial charge >= 0.3 is 11.9 Å². The second-order valence-corrected chi connectivity index (χ2v) is 5.41. The summed E-state index contributed by atoms with van der Waals surface area (Å²) >= 11 is 0. The van der Waals surface area contributed by atoms with Gasteiger partial charge in [0.15, 0.2) is 0 Å². The van der Waals surface area contributed by atoms with Crippen LogP contribution in [-0.4, -0.2) is 18.5 Å². The molecule has 0 saturated carbocycles. The maximum Gasteiger partial charge on any atom is 0.338 e. The molecule has 0 heterocycles. The lowest BCUT2D eigenvalue weighted by Gasteiger charge is -2.06. The van der Waals surface area contributed by atoms with Crippen molar-refractivity contribution >= 4 is 18.0 Å². The molecular weight excluding hydrogens is 316 g/mol. The van der Waals surface area contributed by atoms with E-state index in [-0.39, 0.29) is 5.97 Å². The second kappa shape index (κ2) is 8.64. The first-order valence-corrected chi connectivity index (χ1v) is 7.92. The summed E-state index contributed by atoms with van der Waals surface area (Å²) in [5.74, 6) is -0.342. The van der Waals surface area contributed by atoms with Crippen LogP contribution in [0.4, 0.5) is 0 Å². The van der Waals surface area contributed by atoms with Gasteiger partial charge in [0, 0.05) is 11.6 Å². The Morgan fingerprint density at radius 2 is 1.80 bits per heavy atom. The molecule has 4 nitrogen and oxygen atoms in total. The van der Waals surface area contributed by atoms with Crippen molar-refractivity contribution in [2.24, 2.45) is 0 Å². The molecule has 2 aromatic rings. The van der Waals surface area contributed by atoms with Crippen molar-refractivity contribution in [3.8, 4) is 16.9 Å². The molecule has 2 rings (SSSR count). The number of rotatable bonds is 6. The topological polar surface area (TPSA) is 52.6 Å². The summed E-state index contributed by atoms with van der Waals surface area (Å²) in [6.07, 6.45) is 3.12. The molecule has 4 heteroatoms. The fraction of sp³-hybridized carbons (Fsp3) is 0.143. The summed E-state index contributed by atoms with van der Waals surface area (Å²) in [5, 5.41) is 0. The SMILES string of the molecule is C=C(C)C(=O)Oc1ccc(-c2cccc(/C=C/C(=O)OCC)c2)cc1. The van der Waals surface area contributed by atoms with Crippen LogP contribution in [0.5, 0.6) is 5.75 Å². The molecule has 0 spiro atoms. The Kier molecular flexibility index (Phi) is 6.29. The van der Waals surface area contributed by atoms with E-state index >= 15 is 0 Å². The van der Waals surface area contributed by atoms with Gasteiger partial charge in [0.2, 0.25) is 0 Å². The minimum atomic E-state index is -0.446. The molecule has 0 bridgehead atoms. The molecule has 0 amide bonds. The summed E-state index contributed by atoms with van der Waals surface area (Å²) in [4.78, 5) is 22.9. The predicted molar refractivity (Wildman–Crippen MR) is 98.0 cm³/mol. The Labute approximate surface area is 147 Å². The summed E-state index contributed by atoms with van der Waals surface area (Å²) in [7, 11) is 0. The minimum Gasteiger partial charge on any atom is -0.463 e. The fourth-order valence-electron chi connectivity index (χ4n) is 2.09. The Hall–Kier alpha value is -3.14. The molecule has 2 aromatic carbocycles. The quantitative estimate of drug-likeness (QED) is 0.445. The highest BCUT2D eigenvalue weighted by Gasteiger charge is 2.06. The average Bonchev–Trinajstić information content (AvgIpc) is 2.61. The Morgan fingerprint density at radius 1 is 1.08 bits per heavy atom. The number of ether oxygens (including phenoxy) is 2. The number of hydrogen-bond donors (Lipinski definition) is 0. The van der Waals surface area contributed by atoms with E-state index in [1.165, 1.54) is 6.08 Å². The maximum absolute atomic E-state index is 11.5. The fourth-order valence-corrected chi connectivity index (χ4v) is 2.09. The molecule has 0 saturated heterocycles. The van der Waals surface area contributed by atoms with Crippen LogP contribution in [0.25, 0.3) is 17.2 Å². The highest BCUT2D eigenvalue weighted by Crippen LogP contribution is 2.24. The number of esters is 2. The highest BCUT2D eigenvalue weighted by molar-refractivity contribution is 5.89. The van der Waals surface area contributed by atoms with Crippen molar-refractivity contribution in [1.29, 1.82) is 0 Å². The van der Waals surface area contributed by atoms with Crippen LogP contribution in [0.3, 0.4) is 0 Å². The summed E-state index contributed by atoms with van der Waals surface area (Å²) < 4.78 is 10.0. The van der Waals surface area contributed by atoms with Crippen LogP contribution in [0, 0.1) is 0 Å². The molecular formula is C21H20O4. The van der Waals surface area contributed by atoms with Gasteiger partial charge < -0.3 is 9.47 Å². The lowest BCUT2D eigenvalue weighted by molar-refractivity contribution is -0.137. The van der Waals surface area contributed by atoms with E-state index in [1.54, 1.807) is 32.1 Å². The van der Waals surface area contributed by atoms with E-state index in [1.807, 2.05) is 36.4 Å². The highest BCUT2D eigenvalue weighted by atomic mass is 16.5. The Balaban J connectivity index is 2.13. The third kappa shape index (κ3) is 5.46. The first-order chi connectivity index (χ1) is 12.0. The lowest BCUT2D eigenvalue weighted by atomic mass is 10.0. The summed E-state index contributed by atoms with van der Waals surface area (Å²) in [5.41, 5.74) is 3.21. The van der Waals surface area contributed by atoms with Gasteiger partial charge in [0.25, 0.3) is 0 Å². The third-order valence-electron chi connectivity index (χ3n) is 3.33. The smallest absolute Gasteiger partial charge is 0.338 e. The Morgan fingerprint density at radius 3 is 2.44 bits per heavy atom. The van der Waals surface area contributed by atoms with Gasteiger partial charge in [-0.25, -0.2) is 9.59 Å². The normalized spacial score (nSPS) is 10.5. The van der Waals surface area contributed by atoms with Gasteiger partial charge in [0.05, 0.1) is 6.61 Å². The van der Waals surface area contributed by atoms with Crippen molar-refractivity contribution in [2.75, 3.05) is 6.61 Å². The predicted octanol–water partition coefficient (Wildman–Crippen LogP) is 4.41. The summed E-state index contributed by atoms with van der Waals surface area (Å²) in [6.45, 7) is 7.28. The zero-order valence-electron chi connectivity index (χ0n) is 14.3. The van der Waals surface area contributed by atoms with Crippen LogP contribution < -0.4 is 4.74 Å². The first-order valence-electron chi connectivity index (χ1n) is 7.92. The maximum atomic E-state index is 11.5. The first kappa shape index (κ1) is 18.2. The van der Waals surface area contributed by atoms with E-state index in [9.17, 15) is 9.59 Å². The van der Waals surface area contributed by atoms with Crippen molar-refractivity contribution in [3.63, 3.8) is 0 Å². The standard InChI is InChI=1S/C21H20O4/c1-4-24-20(22)13-8-16-6-5-7-18(14-16)17-9-11-19(12-10-17)25-21(23)15(2)3/h5-14H,2,4H2,1,3H3/b13-8+. The van der Waals surface area contributed by atoms with E-state index in [0.29, 0.717) is 17.9 Å². The van der Waals surface area contributed by atoms with Crippen molar-refractivity contribution in [3.05, 3.63) is 72.3 Å². The van der Waals surface area contributed by atoms with E-state index < -0.39 is 5.97 Å². The zero-order valence-corrected chi connectivity index (χ0v) is 14.3. The van der Waals surface area contributed by atoms with E-state index in [4.69, 9.17) is 9.47 Å². The molecule has 0 unspecified atom stereocenters. The van der Waals surface area contributed by atoms with Crippen LogP contribution in [0.1, 0.15) is 19.4 Å². The molecule has 0 atom stereocenters. The Bertz CT molecular complexity index is 801. The molecule has 0 aliphatic heterocycles. The molecule has 128 valence electrons. The monoisotopic (exact) mass is 336 g/mol. The van der Waals surface area contributed by atoms with Crippen LogP contribution in [0.2, 0.25) is 0 Å². The number of carbonyl (C=O) groups excluding carboxylic acids is 2. The zero-order chi connectivity index (χ0) is 18.2.